The summed E-state index contributed by atoms with van der Waals surface area (Å²) >= 11 is 0. The molecule has 1 aromatic rings. The van der Waals surface area contributed by atoms with Crippen molar-refractivity contribution in [2.45, 2.75) is 39.0 Å². The lowest BCUT2D eigenvalue weighted by Crippen LogP contribution is -2.35. The van der Waals surface area contributed by atoms with E-state index in [9.17, 15) is 4.39 Å². The summed E-state index contributed by atoms with van der Waals surface area (Å²) in [6.45, 7) is 3.22. The smallest absolute Gasteiger partial charge is 0.186 e. The van der Waals surface area contributed by atoms with E-state index < -0.39 is 0 Å². The van der Waals surface area contributed by atoms with Gasteiger partial charge in [-0.3, -0.25) is 0 Å². The molecule has 1 aromatic heterocycles. The Balaban J connectivity index is 2.05. The number of nitrogens with two attached hydrogens (primary N) is 1. The molecule has 1 aliphatic rings. The summed E-state index contributed by atoms with van der Waals surface area (Å²) in [6, 6.07) is 0. The number of nitrogens with one attached hydrogen (secondary N) is 1. The van der Waals surface area contributed by atoms with Crippen molar-refractivity contribution in [3.05, 3.63) is 17.8 Å². The first-order valence-corrected chi connectivity index (χ1v) is 6.64. The SMILES string of the molecule is CCc1ncnc(NCC2(CN)CCCC2)c1F. The zero-order valence-corrected chi connectivity index (χ0v) is 10.9. The van der Waals surface area contributed by atoms with Gasteiger partial charge in [-0.25, -0.2) is 14.4 Å². The van der Waals surface area contributed by atoms with Crippen molar-refractivity contribution in [1.29, 1.82) is 0 Å². The molecule has 0 amide bonds. The maximum atomic E-state index is 14.0. The minimum atomic E-state index is -0.329. The molecular formula is C13H21FN4. The molecule has 100 valence electrons. The highest BCUT2D eigenvalue weighted by Crippen LogP contribution is 2.37. The predicted molar refractivity (Wildman–Crippen MR) is 69.8 cm³/mol. The molecule has 1 saturated carbocycles. The zero-order valence-electron chi connectivity index (χ0n) is 10.9. The third-order valence-electron chi connectivity index (χ3n) is 3.92. The summed E-state index contributed by atoms with van der Waals surface area (Å²) in [6.07, 6.45) is 6.64. The van der Waals surface area contributed by atoms with E-state index in [2.05, 4.69) is 15.3 Å². The number of aryl methyl sites for hydroxylation is 1. The minimum absolute atomic E-state index is 0.115. The Morgan fingerprint density at radius 2 is 2.11 bits per heavy atom. The lowest BCUT2D eigenvalue weighted by molar-refractivity contribution is 0.331. The molecule has 1 aliphatic carbocycles. The summed E-state index contributed by atoms with van der Waals surface area (Å²) in [4.78, 5) is 7.90. The van der Waals surface area contributed by atoms with Crippen LogP contribution in [0.25, 0.3) is 0 Å². The molecule has 2 rings (SSSR count). The second-order valence-corrected chi connectivity index (χ2v) is 5.10. The Bertz CT molecular complexity index is 402. The van der Waals surface area contributed by atoms with Crippen LogP contribution in [0.5, 0.6) is 0 Å². The van der Waals surface area contributed by atoms with E-state index in [-0.39, 0.29) is 11.2 Å². The largest absolute Gasteiger partial charge is 0.367 e. The van der Waals surface area contributed by atoms with Crippen LogP contribution in [0, 0.1) is 11.2 Å². The Hall–Kier alpha value is -1.23. The van der Waals surface area contributed by atoms with Crippen molar-refractivity contribution >= 4 is 5.82 Å². The number of halogens is 1. The van der Waals surface area contributed by atoms with Crippen LogP contribution in [-0.2, 0) is 6.42 Å². The van der Waals surface area contributed by atoms with Crippen molar-refractivity contribution in [1.82, 2.24) is 9.97 Å². The summed E-state index contributed by atoms with van der Waals surface area (Å²) in [5.74, 6) is -0.0215. The molecule has 0 saturated heterocycles. The van der Waals surface area contributed by atoms with Crippen LogP contribution < -0.4 is 11.1 Å². The van der Waals surface area contributed by atoms with Crippen molar-refractivity contribution in [2.75, 3.05) is 18.4 Å². The van der Waals surface area contributed by atoms with Crippen molar-refractivity contribution in [3.63, 3.8) is 0 Å². The summed E-state index contributed by atoms with van der Waals surface area (Å²) < 4.78 is 14.0. The van der Waals surface area contributed by atoms with Gasteiger partial charge in [0.25, 0.3) is 0 Å². The van der Waals surface area contributed by atoms with Gasteiger partial charge >= 0.3 is 0 Å². The average molecular weight is 252 g/mol. The van der Waals surface area contributed by atoms with Crippen LogP contribution in [-0.4, -0.2) is 23.1 Å². The normalized spacial score (nSPS) is 17.9. The highest BCUT2D eigenvalue weighted by molar-refractivity contribution is 5.37. The highest BCUT2D eigenvalue weighted by Gasteiger charge is 2.32. The number of hydrogen-bond acceptors (Lipinski definition) is 4. The van der Waals surface area contributed by atoms with Crippen LogP contribution in [0.4, 0.5) is 10.2 Å². The van der Waals surface area contributed by atoms with E-state index in [4.69, 9.17) is 5.73 Å². The standard InChI is InChI=1S/C13H21FN4/c1-2-10-11(14)12(18-9-17-10)16-8-13(7-15)5-3-4-6-13/h9H,2-8,15H2,1H3,(H,16,17,18). The second-order valence-electron chi connectivity index (χ2n) is 5.10. The predicted octanol–water partition coefficient (Wildman–Crippen LogP) is 2.11. The number of hydrogen-bond donors (Lipinski definition) is 2. The lowest BCUT2D eigenvalue weighted by Gasteiger charge is -2.27. The number of nitrogens with zero attached hydrogens (tertiary/aromatic N) is 2. The fraction of sp³-hybridized carbons (Fsp3) is 0.692. The molecule has 0 atom stereocenters. The molecular weight excluding hydrogens is 231 g/mol. The van der Waals surface area contributed by atoms with Gasteiger partial charge in [0.2, 0.25) is 0 Å². The van der Waals surface area contributed by atoms with Crippen LogP contribution >= 0.6 is 0 Å². The molecule has 0 aromatic carbocycles. The number of rotatable bonds is 5. The topological polar surface area (TPSA) is 63.8 Å². The molecule has 0 radical (unpaired) electrons. The molecule has 3 N–H and O–H groups in total. The van der Waals surface area contributed by atoms with Gasteiger partial charge in [-0.15, -0.1) is 0 Å². The first kappa shape index (κ1) is 13.2. The second kappa shape index (κ2) is 5.61. The van der Waals surface area contributed by atoms with E-state index in [0.29, 0.717) is 31.0 Å². The fourth-order valence-corrected chi connectivity index (χ4v) is 2.63. The number of anilines is 1. The molecule has 1 fully saturated rings. The Morgan fingerprint density at radius 3 is 2.72 bits per heavy atom. The maximum absolute atomic E-state index is 14.0. The van der Waals surface area contributed by atoms with Gasteiger partial charge < -0.3 is 11.1 Å². The molecule has 0 unspecified atom stereocenters. The van der Waals surface area contributed by atoms with E-state index in [0.717, 1.165) is 12.8 Å². The van der Waals surface area contributed by atoms with Gasteiger partial charge in [0.1, 0.15) is 6.33 Å². The average Bonchev–Trinajstić information content (AvgIpc) is 2.87. The van der Waals surface area contributed by atoms with Crippen LogP contribution in [0.1, 0.15) is 38.3 Å². The first-order valence-electron chi connectivity index (χ1n) is 6.64. The quantitative estimate of drug-likeness (QED) is 0.842. The summed E-state index contributed by atoms with van der Waals surface area (Å²) in [7, 11) is 0. The minimum Gasteiger partial charge on any atom is -0.367 e. The van der Waals surface area contributed by atoms with Gasteiger partial charge in [0.05, 0.1) is 5.69 Å². The zero-order chi connectivity index (χ0) is 13.0. The monoisotopic (exact) mass is 252 g/mol. The van der Waals surface area contributed by atoms with Crippen molar-refractivity contribution < 1.29 is 4.39 Å². The molecule has 4 nitrogen and oxygen atoms in total. The van der Waals surface area contributed by atoms with Crippen LogP contribution in [0.3, 0.4) is 0 Å². The first-order chi connectivity index (χ1) is 8.71. The van der Waals surface area contributed by atoms with Gasteiger partial charge in [0, 0.05) is 6.54 Å². The van der Waals surface area contributed by atoms with Crippen LogP contribution in [0.15, 0.2) is 6.33 Å². The van der Waals surface area contributed by atoms with Gasteiger partial charge in [0.15, 0.2) is 11.6 Å². The van der Waals surface area contributed by atoms with Crippen molar-refractivity contribution in [3.8, 4) is 0 Å². The lowest BCUT2D eigenvalue weighted by atomic mass is 9.86. The Kier molecular flexibility index (Phi) is 4.11. The Morgan fingerprint density at radius 1 is 1.39 bits per heavy atom. The van der Waals surface area contributed by atoms with E-state index in [1.54, 1.807) is 0 Å². The molecule has 0 bridgehead atoms. The van der Waals surface area contributed by atoms with Gasteiger partial charge in [-0.05, 0) is 31.2 Å². The number of aromatic nitrogens is 2. The van der Waals surface area contributed by atoms with Gasteiger partial charge in [-0.1, -0.05) is 19.8 Å². The summed E-state index contributed by atoms with van der Waals surface area (Å²) in [5, 5.41) is 3.12. The highest BCUT2D eigenvalue weighted by atomic mass is 19.1. The van der Waals surface area contributed by atoms with E-state index >= 15 is 0 Å². The third-order valence-corrected chi connectivity index (χ3v) is 3.92. The third kappa shape index (κ3) is 2.61. The van der Waals surface area contributed by atoms with E-state index in [1.165, 1.54) is 19.2 Å². The molecule has 18 heavy (non-hydrogen) atoms. The fourth-order valence-electron chi connectivity index (χ4n) is 2.63. The molecule has 0 spiro atoms. The summed E-state index contributed by atoms with van der Waals surface area (Å²) in [5.41, 5.74) is 6.43. The Labute approximate surface area is 107 Å². The molecule has 0 aliphatic heterocycles. The van der Waals surface area contributed by atoms with E-state index in [1.807, 2.05) is 6.92 Å². The molecule has 5 heteroatoms. The maximum Gasteiger partial charge on any atom is 0.186 e. The molecule has 1 heterocycles. The van der Waals surface area contributed by atoms with Crippen molar-refractivity contribution in [2.24, 2.45) is 11.1 Å². The van der Waals surface area contributed by atoms with Gasteiger partial charge in [-0.2, -0.15) is 0 Å². The van der Waals surface area contributed by atoms with Crippen LogP contribution in [0.2, 0.25) is 0 Å².